The molecule has 0 fully saturated rings. The van der Waals surface area contributed by atoms with Crippen molar-refractivity contribution in [1.82, 2.24) is 0 Å². The van der Waals surface area contributed by atoms with E-state index in [9.17, 15) is 5.26 Å². The van der Waals surface area contributed by atoms with Crippen LogP contribution in [-0.4, -0.2) is 39.6 Å². The molecule has 2 aliphatic rings. The monoisotopic (exact) mass is 481 g/mol. The number of benzene rings is 3. The summed E-state index contributed by atoms with van der Waals surface area (Å²) in [4.78, 5) is 4.64. The molecule has 0 aromatic heterocycles. The summed E-state index contributed by atoms with van der Waals surface area (Å²) in [6.07, 6.45) is -0.382. The fourth-order valence-corrected chi connectivity index (χ4v) is 4.68. The van der Waals surface area contributed by atoms with E-state index in [-0.39, 0.29) is 30.6 Å². The first-order valence-corrected chi connectivity index (χ1v) is 11.1. The van der Waals surface area contributed by atoms with Gasteiger partial charge in [-0.25, -0.2) is 5.26 Å². The van der Waals surface area contributed by atoms with Gasteiger partial charge in [0, 0.05) is 29.2 Å². The van der Waals surface area contributed by atoms with Crippen molar-refractivity contribution in [1.29, 1.82) is 0 Å². The topological polar surface area (TPSA) is 96.9 Å². The van der Waals surface area contributed by atoms with Gasteiger partial charge in [0.25, 0.3) is 0 Å². The van der Waals surface area contributed by atoms with Gasteiger partial charge in [-0.1, -0.05) is 6.92 Å². The first-order chi connectivity index (χ1) is 17.1. The third-order valence-electron chi connectivity index (χ3n) is 6.42. The quantitative estimate of drug-likeness (QED) is 0.361. The molecular weight excluding hydrogens is 454 g/mol. The Kier molecular flexibility index (Phi) is 6.08. The van der Waals surface area contributed by atoms with E-state index in [1.165, 1.54) is 14.2 Å². The fraction of sp³-hybridized carbons (Fsp3) is 0.308. The molecule has 0 bridgehead atoms. The molecule has 35 heavy (non-hydrogen) atoms. The lowest BCUT2D eigenvalue weighted by atomic mass is 9.78. The molecule has 3 aromatic carbocycles. The maximum Gasteiger partial charge on any atom is 0.231 e. The lowest BCUT2D eigenvalue weighted by Gasteiger charge is -2.39. The SMILES string of the molecule is COc1ccc(NC2Oc3cc4c(cc3C(c3cc(OC)c(OC)c(OO)c3)C2C)OCO4)cc1. The summed E-state index contributed by atoms with van der Waals surface area (Å²) in [6.45, 7) is 2.25. The predicted molar refractivity (Wildman–Crippen MR) is 127 cm³/mol. The zero-order valence-electron chi connectivity index (χ0n) is 19.9. The number of hydrogen-bond acceptors (Lipinski definition) is 9. The van der Waals surface area contributed by atoms with Crippen LogP contribution < -0.4 is 38.6 Å². The molecule has 0 aliphatic carbocycles. The molecule has 0 saturated heterocycles. The van der Waals surface area contributed by atoms with Gasteiger partial charge >= 0.3 is 0 Å². The molecule has 2 N–H and O–H groups in total. The van der Waals surface area contributed by atoms with Crippen LogP contribution in [0.5, 0.6) is 40.2 Å². The molecule has 9 nitrogen and oxygen atoms in total. The van der Waals surface area contributed by atoms with Gasteiger partial charge in [0.2, 0.25) is 18.3 Å². The molecule has 9 heteroatoms. The van der Waals surface area contributed by atoms with Crippen LogP contribution in [-0.2, 0) is 0 Å². The average molecular weight is 482 g/mol. The van der Waals surface area contributed by atoms with E-state index < -0.39 is 0 Å². The lowest BCUT2D eigenvalue weighted by molar-refractivity contribution is -0.139. The van der Waals surface area contributed by atoms with Gasteiger partial charge in [-0.2, -0.15) is 0 Å². The minimum atomic E-state index is -0.382. The molecule has 3 atom stereocenters. The molecule has 3 aromatic rings. The number of anilines is 1. The molecule has 2 aliphatic heterocycles. The highest BCUT2D eigenvalue weighted by molar-refractivity contribution is 5.60. The van der Waals surface area contributed by atoms with E-state index in [1.54, 1.807) is 13.2 Å². The molecule has 0 radical (unpaired) electrons. The van der Waals surface area contributed by atoms with Crippen LogP contribution in [0.3, 0.4) is 0 Å². The fourth-order valence-electron chi connectivity index (χ4n) is 4.68. The maximum absolute atomic E-state index is 9.55. The second-order valence-corrected chi connectivity index (χ2v) is 8.34. The van der Waals surface area contributed by atoms with Gasteiger partial charge in [0.1, 0.15) is 11.5 Å². The summed E-state index contributed by atoms with van der Waals surface area (Å²) in [5, 5.41) is 13.0. The Morgan fingerprint density at radius 1 is 0.857 bits per heavy atom. The van der Waals surface area contributed by atoms with Crippen LogP contribution in [0.15, 0.2) is 48.5 Å². The van der Waals surface area contributed by atoms with Crippen LogP contribution in [0, 0.1) is 5.92 Å². The first kappa shape index (κ1) is 22.8. The van der Waals surface area contributed by atoms with Crippen molar-refractivity contribution in [3.8, 4) is 40.2 Å². The zero-order valence-corrected chi connectivity index (χ0v) is 19.9. The highest BCUT2D eigenvalue weighted by Crippen LogP contribution is 2.51. The minimum absolute atomic E-state index is 0.0605. The standard InChI is InChI=1S/C26H27NO8/c1-14-24(15-9-22(30-3)25(31-4)23(10-15)35-28)18-11-20-21(33-13-32-20)12-19(18)34-26(14)27-16-5-7-17(29-2)8-6-16/h5-12,14,24,26-28H,13H2,1-4H3. The third-order valence-corrected chi connectivity index (χ3v) is 6.42. The van der Waals surface area contributed by atoms with Crippen LogP contribution in [0.2, 0.25) is 0 Å². The van der Waals surface area contributed by atoms with Gasteiger partial charge in [-0.05, 0) is 48.0 Å². The Balaban J connectivity index is 1.59. The third kappa shape index (κ3) is 4.08. The Hall–Kier alpha value is -3.98. The highest BCUT2D eigenvalue weighted by atomic mass is 17.1. The van der Waals surface area contributed by atoms with Crippen LogP contribution in [0.1, 0.15) is 24.0 Å². The second-order valence-electron chi connectivity index (χ2n) is 8.34. The maximum atomic E-state index is 9.55. The molecule has 0 saturated carbocycles. The Morgan fingerprint density at radius 2 is 1.57 bits per heavy atom. The average Bonchev–Trinajstić information content (AvgIpc) is 3.35. The van der Waals surface area contributed by atoms with E-state index in [4.69, 9.17) is 28.4 Å². The van der Waals surface area contributed by atoms with E-state index in [1.807, 2.05) is 42.5 Å². The zero-order chi connectivity index (χ0) is 24.5. The Bertz CT molecular complexity index is 1190. The molecular formula is C26H27NO8. The number of fused-ring (bicyclic) bond motifs is 2. The van der Waals surface area contributed by atoms with Crippen molar-refractivity contribution < 1.29 is 38.6 Å². The van der Waals surface area contributed by atoms with Gasteiger partial charge < -0.3 is 38.6 Å². The van der Waals surface area contributed by atoms with Gasteiger partial charge in [-0.15, -0.1) is 0 Å². The summed E-state index contributed by atoms with van der Waals surface area (Å²) in [5.41, 5.74) is 2.66. The Morgan fingerprint density at radius 3 is 2.23 bits per heavy atom. The molecule has 0 amide bonds. The first-order valence-electron chi connectivity index (χ1n) is 11.1. The number of methoxy groups -OCH3 is 3. The van der Waals surface area contributed by atoms with E-state index in [0.717, 1.165) is 22.6 Å². The van der Waals surface area contributed by atoms with Crippen LogP contribution >= 0.6 is 0 Å². The van der Waals surface area contributed by atoms with Crippen LogP contribution in [0.25, 0.3) is 0 Å². The van der Waals surface area contributed by atoms with Crippen molar-refractivity contribution in [3.05, 3.63) is 59.7 Å². The second kappa shape index (κ2) is 9.34. The number of hydrogen-bond donors (Lipinski definition) is 2. The van der Waals surface area contributed by atoms with Crippen molar-refractivity contribution >= 4 is 5.69 Å². The summed E-state index contributed by atoms with van der Waals surface area (Å²) in [6, 6.07) is 15.1. The summed E-state index contributed by atoms with van der Waals surface area (Å²) in [7, 11) is 4.66. The molecule has 3 unspecified atom stereocenters. The molecule has 184 valence electrons. The van der Waals surface area contributed by atoms with Crippen molar-refractivity contribution in [2.24, 2.45) is 5.92 Å². The summed E-state index contributed by atoms with van der Waals surface area (Å²) >= 11 is 0. The van der Waals surface area contributed by atoms with Crippen molar-refractivity contribution in [3.63, 3.8) is 0 Å². The summed E-state index contributed by atoms with van der Waals surface area (Å²) < 4.78 is 33.8. The largest absolute Gasteiger partial charge is 0.497 e. The number of nitrogens with one attached hydrogen (secondary N) is 1. The lowest BCUT2D eigenvalue weighted by Crippen LogP contribution is -2.40. The number of ether oxygens (including phenoxy) is 6. The van der Waals surface area contributed by atoms with Gasteiger partial charge in [-0.3, -0.25) is 0 Å². The molecule has 0 spiro atoms. The summed E-state index contributed by atoms with van der Waals surface area (Å²) in [5.74, 6) is 3.40. The normalized spacial score (nSPS) is 19.9. The van der Waals surface area contributed by atoms with Crippen molar-refractivity contribution in [2.45, 2.75) is 19.1 Å². The smallest absolute Gasteiger partial charge is 0.231 e. The van der Waals surface area contributed by atoms with E-state index in [2.05, 4.69) is 17.1 Å². The number of rotatable bonds is 7. The molecule has 5 rings (SSSR count). The van der Waals surface area contributed by atoms with E-state index >= 15 is 0 Å². The van der Waals surface area contributed by atoms with Crippen LogP contribution in [0.4, 0.5) is 5.69 Å². The van der Waals surface area contributed by atoms with Gasteiger partial charge in [0.15, 0.2) is 23.5 Å². The minimum Gasteiger partial charge on any atom is -0.497 e. The predicted octanol–water partition coefficient (Wildman–Crippen LogP) is 4.89. The highest BCUT2D eigenvalue weighted by Gasteiger charge is 2.39. The Labute approximate surface area is 203 Å². The molecule has 2 heterocycles. The van der Waals surface area contributed by atoms with Gasteiger partial charge in [0.05, 0.1) is 21.3 Å². The van der Waals surface area contributed by atoms with E-state index in [0.29, 0.717) is 28.7 Å². The van der Waals surface area contributed by atoms with Crippen molar-refractivity contribution in [2.75, 3.05) is 33.4 Å².